The molecule has 0 amide bonds. The Kier molecular flexibility index (Phi) is 3.62. The SMILES string of the molecule is C[C@H](c1ccccn1)N1CCN2CCCC[C@@H]2C1. The molecule has 2 saturated heterocycles. The number of hydrogen-bond donors (Lipinski definition) is 0. The molecule has 0 aliphatic carbocycles. The van der Waals surface area contributed by atoms with Crippen molar-refractivity contribution in [3.8, 4) is 0 Å². The highest BCUT2D eigenvalue weighted by Gasteiger charge is 2.31. The fourth-order valence-electron chi connectivity index (χ4n) is 3.34. The fraction of sp³-hybridized carbons (Fsp3) is 0.667. The van der Waals surface area contributed by atoms with Gasteiger partial charge < -0.3 is 0 Å². The lowest BCUT2D eigenvalue weighted by Crippen LogP contribution is -2.55. The summed E-state index contributed by atoms with van der Waals surface area (Å²) in [5.41, 5.74) is 1.21. The molecule has 3 rings (SSSR count). The Morgan fingerprint density at radius 1 is 1.22 bits per heavy atom. The van der Waals surface area contributed by atoms with Gasteiger partial charge in [-0.25, -0.2) is 0 Å². The maximum atomic E-state index is 4.50. The van der Waals surface area contributed by atoms with Crippen LogP contribution in [0, 0.1) is 0 Å². The molecule has 0 bridgehead atoms. The number of aromatic nitrogens is 1. The highest BCUT2D eigenvalue weighted by molar-refractivity contribution is 5.08. The minimum Gasteiger partial charge on any atom is -0.298 e. The fourth-order valence-corrected chi connectivity index (χ4v) is 3.34. The number of piperazine rings is 1. The van der Waals surface area contributed by atoms with Gasteiger partial charge >= 0.3 is 0 Å². The molecule has 3 nitrogen and oxygen atoms in total. The zero-order chi connectivity index (χ0) is 12.4. The van der Waals surface area contributed by atoms with Crippen LogP contribution in [-0.4, -0.2) is 47.0 Å². The van der Waals surface area contributed by atoms with Crippen molar-refractivity contribution < 1.29 is 0 Å². The summed E-state index contributed by atoms with van der Waals surface area (Å²) < 4.78 is 0. The number of rotatable bonds is 2. The molecule has 18 heavy (non-hydrogen) atoms. The van der Waals surface area contributed by atoms with E-state index in [4.69, 9.17) is 0 Å². The van der Waals surface area contributed by atoms with E-state index in [1.807, 2.05) is 12.3 Å². The molecule has 0 spiro atoms. The Morgan fingerprint density at radius 3 is 3.00 bits per heavy atom. The first-order valence-corrected chi connectivity index (χ1v) is 7.23. The van der Waals surface area contributed by atoms with Crippen molar-refractivity contribution >= 4 is 0 Å². The van der Waals surface area contributed by atoms with Crippen LogP contribution in [0.25, 0.3) is 0 Å². The van der Waals surface area contributed by atoms with Gasteiger partial charge in [0.2, 0.25) is 0 Å². The summed E-state index contributed by atoms with van der Waals surface area (Å²) in [5.74, 6) is 0. The number of pyridine rings is 1. The summed E-state index contributed by atoms with van der Waals surface area (Å²) in [6.07, 6.45) is 6.09. The lowest BCUT2D eigenvalue weighted by Gasteiger charge is -2.45. The summed E-state index contributed by atoms with van der Waals surface area (Å²) in [6, 6.07) is 7.48. The monoisotopic (exact) mass is 245 g/mol. The summed E-state index contributed by atoms with van der Waals surface area (Å²) in [6.45, 7) is 7.26. The van der Waals surface area contributed by atoms with Crippen molar-refractivity contribution in [2.45, 2.75) is 38.3 Å². The number of piperidine rings is 1. The third-order valence-electron chi connectivity index (χ3n) is 4.53. The third kappa shape index (κ3) is 2.43. The van der Waals surface area contributed by atoms with Crippen LogP contribution >= 0.6 is 0 Å². The third-order valence-corrected chi connectivity index (χ3v) is 4.53. The first-order valence-electron chi connectivity index (χ1n) is 7.23. The van der Waals surface area contributed by atoms with E-state index in [0.717, 1.165) is 6.04 Å². The van der Waals surface area contributed by atoms with Crippen molar-refractivity contribution in [3.63, 3.8) is 0 Å². The van der Waals surface area contributed by atoms with Crippen LogP contribution in [0.15, 0.2) is 24.4 Å². The number of fused-ring (bicyclic) bond motifs is 1. The van der Waals surface area contributed by atoms with Gasteiger partial charge in [-0.15, -0.1) is 0 Å². The van der Waals surface area contributed by atoms with Crippen LogP contribution in [0.4, 0.5) is 0 Å². The molecule has 2 fully saturated rings. The van der Waals surface area contributed by atoms with E-state index < -0.39 is 0 Å². The standard InChI is InChI=1S/C15H23N3/c1-13(15-7-2-4-8-16-15)18-11-10-17-9-5-3-6-14(17)12-18/h2,4,7-8,13-14H,3,5-6,9-12H2,1H3/t13-,14-/m1/s1. The average Bonchev–Trinajstić information content (AvgIpc) is 2.47. The largest absolute Gasteiger partial charge is 0.298 e. The zero-order valence-electron chi connectivity index (χ0n) is 11.3. The van der Waals surface area contributed by atoms with Crippen molar-refractivity contribution in [2.24, 2.45) is 0 Å². The van der Waals surface area contributed by atoms with Crippen molar-refractivity contribution in [3.05, 3.63) is 30.1 Å². The van der Waals surface area contributed by atoms with Crippen molar-refractivity contribution in [2.75, 3.05) is 26.2 Å². The van der Waals surface area contributed by atoms with Crippen LogP contribution in [0.5, 0.6) is 0 Å². The first-order chi connectivity index (χ1) is 8.84. The Hall–Kier alpha value is -0.930. The van der Waals surface area contributed by atoms with Crippen LogP contribution < -0.4 is 0 Å². The molecule has 3 heteroatoms. The van der Waals surface area contributed by atoms with Crippen molar-refractivity contribution in [1.29, 1.82) is 0 Å². The quantitative estimate of drug-likeness (QED) is 0.797. The average molecular weight is 245 g/mol. The van der Waals surface area contributed by atoms with Gasteiger partial charge in [-0.2, -0.15) is 0 Å². The minimum atomic E-state index is 0.454. The molecule has 0 N–H and O–H groups in total. The van der Waals surface area contributed by atoms with Gasteiger partial charge in [-0.1, -0.05) is 12.5 Å². The second-order valence-electron chi connectivity index (χ2n) is 5.61. The van der Waals surface area contributed by atoms with E-state index in [1.165, 1.54) is 51.1 Å². The van der Waals surface area contributed by atoms with Crippen LogP contribution in [0.1, 0.15) is 37.9 Å². The molecule has 2 aliphatic heterocycles. The molecular formula is C15H23N3. The lowest BCUT2D eigenvalue weighted by molar-refractivity contribution is 0.0299. The van der Waals surface area contributed by atoms with Crippen LogP contribution in [0.2, 0.25) is 0 Å². The van der Waals surface area contributed by atoms with Gasteiger partial charge in [0.25, 0.3) is 0 Å². The smallest absolute Gasteiger partial charge is 0.0572 e. The lowest BCUT2D eigenvalue weighted by atomic mass is 9.98. The number of nitrogens with zero attached hydrogens (tertiary/aromatic N) is 3. The Labute approximate surface area is 110 Å². The Morgan fingerprint density at radius 2 is 2.17 bits per heavy atom. The Bertz CT molecular complexity index is 379. The summed E-state index contributed by atoms with van der Waals surface area (Å²) >= 11 is 0. The molecule has 0 saturated carbocycles. The van der Waals surface area contributed by atoms with Gasteiger partial charge in [0.15, 0.2) is 0 Å². The number of hydrogen-bond acceptors (Lipinski definition) is 3. The molecule has 98 valence electrons. The van der Waals surface area contributed by atoms with E-state index >= 15 is 0 Å². The molecule has 0 unspecified atom stereocenters. The highest BCUT2D eigenvalue weighted by Crippen LogP contribution is 2.26. The van der Waals surface area contributed by atoms with Gasteiger partial charge in [0.1, 0.15) is 0 Å². The highest BCUT2D eigenvalue weighted by atomic mass is 15.3. The molecule has 2 aliphatic rings. The normalized spacial score (nSPS) is 27.7. The molecule has 1 aromatic heterocycles. The predicted molar refractivity (Wildman–Crippen MR) is 73.4 cm³/mol. The van der Waals surface area contributed by atoms with E-state index in [-0.39, 0.29) is 0 Å². The zero-order valence-corrected chi connectivity index (χ0v) is 11.3. The maximum absolute atomic E-state index is 4.50. The van der Waals surface area contributed by atoms with E-state index in [1.54, 1.807) is 0 Å². The van der Waals surface area contributed by atoms with Crippen LogP contribution in [0.3, 0.4) is 0 Å². The van der Waals surface area contributed by atoms with Crippen LogP contribution in [-0.2, 0) is 0 Å². The molecule has 0 aromatic carbocycles. The molecular weight excluding hydrogens is 222 g/mol. The molecule has 1 aromatic rings. The second-order valence-corrected chi connectivity index (χ2v) is 5.61. The van der Waals surface area contributed by atoms with Gasteiger partial charge in [0.05, 0.1) is 5.69 Å². The molecule has 3 heterocycles. The topological polar surface area (TPSA) is 19.4 Å². The maximum Gasteiger partial charge on any atom is 0.0572 e. The summed E-state index contributed by atoms with van der Waals surface area (Å²) in [7, 11) is 0. The Balaban J connectivity index is 1.67. The predicted octanol–water partition coefficient (Wildman–Crippen LogP) is 2.31. The summed E-state index contributed by atoms with van der Waals surface area (Å²) in [4.78, 5) is 9.79. The van der Waals surface area contributed by atoms with Crippen molar-refractivity contribution in [1.82, 2.24) is 14.8 Å². The van der Waals surface area contributed by atoms with Gasteiger partial charge in [0, 0.05) is 37.9 Å². The molecule has 0 radical (unpaired) electrons. The van der Waals surface area contributed by atoms with Gasteiger partial charge in [-0.05, 0) is 38.4 Å². The molecule has 2 atom stereocenters. The van der Waals surface area contributed by atoms with Gasteiger partial charge in [-0.3, -0.25) is 14.8 Å². The van der Waals surface area contributed by atoms with E-state index in [0.29, 0.717) is 6.04 Å². The first kappa shape index (κ1) is 12.1. The van der Waals surface area contributed by atoms with E-state index in [9.17, 15) is 0 Å². The second kappa shape index (κ2) is 5.37. The van der Waals surface area contributed by atoms with E-state index in [2.05, 4.69) is 33.8 Å². The summed E-state index contributed by atoms with van der Waals surface area (Å²) in [5, 5.41) is 0. The minimum absolute atomic E-state index is 0.454.